The van der Waals surface area contributed by atoms with Crippen molar-refractivity contribution in [2.24, 2.45) is 0 Å². The van der Waals surface area contributed by atoms with Crippen LogP contribution in [-0.2, 0) is 0 Å². The minimum Gasteiger partial charge on any atom is -0.492 e. The number of methoxy groups -OCH3 is 1. The maximum absolute atomic E-state index is 15.3. The monoisotopic (exact) mass is 418 g/mol. The second-order valence-electron chi connectivity index (χ2n) is 7.53. The van der Waals surface area contributed by atoms with Gasteiger partial charge in [0.1, 0.15) is 11.3 Å². The van der Waals surface area contributed by atoms with Crippen LogP contribution in [0, 0.1) is 5.82 Å². The summed E-state index contributed by atoms with van der Waals surface area (Å²) in [7, 11) is 1.46. The number of ether oxygens (including phenoxy) is 1. The number of aromatic nitrogens is 1. The van der Waals surface area contributed by atoms with Crippen molar-refractivity contribution in [3.63, 3.8) is 0 Å². The quantitative estimate of drug-likeness (QED) is 0.791. The van der Waals surface area contributed by atoms with Crippen LogP contribution in [0.5, 0.6) is 5.75 Å². The Balaban J connectivity index is 1.99. The highest BCUT2D eigenvalue weighted by molar-refractivity contribution is 8.02. The zero-order valence-corrected chi connectivity index (χ0v) is 17.4. The van der Waals surface area contributed by atoms with Gasteiger partial charge in [-0.25, -0.2) is 9.18 Å². The molecule has 0 radical (unpaired) electrons. The van der Waals surface area contributed by atoms with E-state index in [1.165, 1.54) is 29.9 Å². The number of hydrogen-bond donors (Lipinski definition) is 1. The van der Waals surface area contributed by atoms with E-state index in [4.69, 9.17) is 4.74 Å². The number of carboxylic acids is 1. The van der Waals surface area contributed by atoms with Gasteiger partial charge in [0.2, 0.25) is 5.43 Å². The van der Waals surface area contributed by atoms with Gasteiger partial charge in [-0.3, -0.25) is 4.79 Å². The summed E-state index contributed by atoms with van der Waals surface area (Å²) >= 11 is 1.72. The molecule has 1 fully saturated rings. The molecule has 0 unspecified atom stereocenters. The lowest BCUT2D eigenvalue weighted by atomic mass is 10.1. The van der Waals surface area contributed by atoms with E-state index in [0.29, 0.717) is 30.0 Å². The van der Waals surface area contributed by atoms with Gasteiger partial charge in [0.05, 0.1) is 18.0 Å². The van der Waals surface area contributed by atoms with Crippen LogP contribution in [0.4, 0.5) is 10.1 Å². The molecule has 0 saturated heterocycles. The Morgan fingerprint density at radius 2 is 2.10 bits per heavy atom. The van der Waals surface area contributed by atoms with Gasteiger partial charge in [0.25, 0.3) is 0 Å². The van der Waals surface area contributed by atoms with Crippen LogP contribution in [0.3, 0.4) is 0 Å². The average molecular weight is 418 g/mol. The molecule has 1 aliphatic heterocycles. The number of pyridine rings is 1. The number of aromatic carboxylic acids is 1. The second kappa shape index (κ2) is 7.40. The Bertz CT molecular complexity index is 1100. The molecule has 6 nitrogen and oxygen atoms in total. The summed E-state index contributed by atoms with van der Waals surface area (Å²) in [5.41, 5.74) is 0.952. The van der Waals surface area contributed by atoms with E-state index in [9.17, 15) is 14.7 Å². The van der Waals surface area contributed by atoms with Crippen LogP contribution in [0.15, 0.2) is 27.5 Å². The smallest absolute Gasteiger partial charge is 0.341 e. The van der Waals surface area contributed by atoms with Gasteiger partial charge >= 0.3 is 5.97 Å². The van der Waals surface area contributed by atoms with Gasteiger partial charge < -0.3 is 19.3 Å². The predicted octanol–water partition coefficient (Wildman–Crippen LogP) is 4.03. The molecule has 0 spiro atoms. The van der Waals surface area contributed by atoms with Crippen LogP contribution < -0.4 is 15.1 Å². The number of hydrogen-bond acceptors (Lipinski definition) is 5. The first kappa shape index (κ1) is 19.8. The van der Waals surface area contributed by atoms with Crippen LogP contribution in [0.2, 0.25) is 0 Å². The van der Waals surface area contributed by atoms with Crippen LogP contribution in [0.1, 0.15) is 42.6 Å². The number of carbonyl (C=O) groups is 1. The van der Waals surface area contributed by atoms with Crippen LogP contribution in [0.25, 0.3) is 10.9 Å². The van der Waals surface area contributed by atoms with Crippen LogP contribution >= 0.6 is 11.8 Å². The third-order valence-corrected chi connectivity index (χ3v) is 6.69. The van der Waals surface area contributed by atoms with Gasteiger partial charge in [0.15, 0.2) is 11.6 Å². The number of benzene rings is 1. The summed E-state index contributed by atoms with van der Waals surface area (Å²) in [5, 5.41) is 9.48. The molecule has 1 aromatic carbocycles. The molecule has 2 heterocycles. The lowest BCUT2D eigenvalue weighted by Crippen LogP contribution is -2.32. The van der Waals surface area contributed by atoms with Gasteiger partial charge in [0, 0.05) is 25.3 Å². The molecule has 1 saturated carbocycles. The summed E-state index contributed by atoms with van der Waals surface area (Å²) in [6.45, 7) is 3.27. The molecule has 154 valence electrons. The molecule has 1 N–H and O–H groups in total. The number of halogens is 1. The summed E-state index contributed by atoms with van der Waals surface area (Å²) in [6, 6.07) is 1.26. The molecule has 1 aromatic heterocycles. The highest BCUT2D eigenvalue weighted by atomic mass is 32.2. The first-order chi connectivity index (χ1) is 13.9. The van der Waals surface area contributed by atoms with E-state index in [1.807, 2.05) is 18.1 Å². The van der Waals surface area contributed by atoms with Crippen molar-refractivity contribution in [3.8, 4) is 5.75 Å². The fraction of sp³-hybridized carbons (Fsp3) is 0.429. The molecule has 0 bridgehead atoms. The van der Waals surface area contributed by atoms with Crippen molar-refractivity contribution in [2.75, 3.05) is 31.4 Å². The Kier molecular flexibility index (Phi) is 5.06. The maximum atomic E-state index is 15.3. The van der Waals surface area contributed by atoms with E-state index in [-0.39, 0.29) is 17.0 Å². The highest BCUT2D eigenvalue weighted by Gasteiger charge is 2.32. The van der Waals surface area contributed by atoms with E-state index in [2.05, 4.69) is 0 Å². The molecule has 1 aliphatic carbocycles. The SMILES string of the molecule is COc1c(N2CCC(SC)=C(C)C2)c(F)cc2c(=O)c(C(=O)O)cn(C3CC3)c12. The number of rotatable bonds is 5. The van der Waals surface area contributed by atoms with Gasteiger partial charge in [-0.15, -0.1) is 11.8 Å². The van der Waals surface area contributed by atoms with Crippen molar-refractivity contribution < 1.29 is 19.0 Å². The highest BCUT2D eigenvalue weighted by Crippen LogP contribution is 2.44. The number of anilines is 1. The average Bonchev–Trinajstić information content (AvgIpc) is 3.52. The third kappa shape index (κ3) is 3.29. The van der Waals surface area contributed by atoms with E-state index < -0.39 is 17.2 Å². The topological polar surface area (TPSA) is 71.8 Å². The lowest BCUT2D eigenvalue weighted by molar-refractivity contribution is 0.0695. The number of carboxylic acid groups (broad SMARTS) is 1. The van der Waals surface area contributed by atoms with E-state index >= 15 is 4.39 Å². The largest absolute Gasteiger partial charge is 0.492 e. The van der Waals surface area contributed by atoms with Crippen LogP contribution in [-0.4, -0.2) is 42.1 Å². The molecular weight excluding hydrogens is 395 g/mol. The normalized spacial score (nSPS) is 17.2. The van der Waals surface area contributed by atoms with Crippen molar-refractivity contribution in [3.05, 3.63) is 44.3 Å². The number of nitrogens with zero attached hydrogens (tertiary/aromatic N) is 2. The Morgan fingerprint density at radius 3 is 2.66 bits per heavy atom. The lowest BCUT2D eigenvalue weighted by Gasteiger charge is -2.33. The summed E-state index contributed by atoms with van der Waals surface area (Å²) in [5.74, 6) is -1.59. The summed E-state index contributed by atoms with van der Waals surface area (Å²) in [4.78, 5) is 27.6. The van der Waals surface area contributed by atoms with E-state index in [0.717, 1.165) is 19.3 Å². The molecule has 0 atom stereocenters. The third-order valence-electron chi connectivity index (χ3n) is 5.65. The molecule has 4 rings (SSSR count). The van der Waals surface area contributed by atoms with Crippen molar-refractivity contribution in [1.82, 2.24) is 4.57 Å². The minimum atomic E-state index is -1.31. The van der Waals surface area contributed by atoms with Crippen molar-refractivity contribution in [1.29, 1.82) is 0 Å². The molecule has 2 aliphatic rings. The first-order valence-corrected chi connectivity index (χ1v) is 10.8. The maximum Gasteiger partial charge on any atom is 0.341 e. The fourth-order valence-electron chi connectivity index (χ4n) is 4.09. The van der Waals surface area contributed by atoms with Crippen molar-refractivity contribution in [2.45, 2.75) is 32.2 Å². The molecule has 29 heavy (non-hydrogen) atoms. The first-order valence-electron chi connectivity index (χ1n) is 9.53. The minimum absolute atomic E-state index is 0.0453. The Morgan fingerprint density at radius 1 is 1.38 bits per heavy atom. The summed E-state index contributed by atoms with van der Waals surface area (Å²) in [6.07, 6.45) is 6.01. The second-order valence-corrected chi connectivity index (χ2v) is 8.43. The summed E-state index contributed by atoms with van der Waals surface area (Å²) < 4.78 is 22.7. The predicted molar refractivity (Wildman–Crippen MR) is 113 cm³/mol. The zero-order chi connectivity index (χ0) is 20.9. The van der Waals surface area contributed by atoms with Gasteiger partial charge in [-0.1, -0.05) is 0 Å². The zero-order valence-electron chi connectivity index (χ0n) is 16.6. The van der Waals surface area contributed by atoms with Crippen molar-refractivity contribution >= 4 is 34.3 Å². The standard InChI is InChI=1S/C21H23FN2O4S/c1-11-9-23(7-6-16(11)29-3)18-15(22)8-13-17(20(18)28-2)24(12-4-5-12)10-14(19(13)25)21(26)27/h8,10,12H,4-7,9H2,1-3H3,(H,26,27). The number of thioether (sulfide) groups is 1. The Hall–Kier alpha value is -2.48. The van der Waals surface area contributed by atoms with Gasteiger partial charge in [-0.05, 0) is 49.0 Å². The van der Waals surface area contributed by atoms with E-state index in [1.54, 1.807) is 16.3 Å². The number of fused-ring (bicyclic) bond motifs is 1. The van der Waals surface area contributed by atoms with Gasteiger partial charge in [-0.2, -0.15) is 0 Å². The molecular formula is C21H23FN2O4S. The molecule has 8 heteroatoms. The fourth-order valence-corrected chi connectivity index (χ4v) is 4.80. The Labute approximate surface area is 172 Å². The molecule has 2 aromatic rings. The molecule has 0 amide bonds.